The van der Waals surface area contributed by atoms with E-state index in [1.54, 1.807) is 4.90 Å². The van der Waals surface area contributed by atoms with Crippen molar-refractivity contribution in [3.8, 4) is 0 Å². The SMILES string of the molecule is O=C(NC1CCc2c(F)c(N3CCN(C(=O)O)CC3)cc(F)c2C1)OCc1ccccc1. The Morgan fingerprint density at radius 2 is 1.81 bits per heavy atom. The standard InChI is InChI=1S/C23H25F2N3O4/c24-19-13-20(27-8-10-28(11-9-27)23(30)31)21(25)17-7-6-16(12-18(17)19)26-22(29)32-14-15-4-2-1-3-5-15/h1-5,13,16H,6-12,14H2,(H,26,29)(H,30,31). The Balaban J connectivity index is 1.39. The van der Waals surface area contributed by atoms with E-state index >= 15 is 4.39 Å². The maximum Gasteiger partial charge on any atom is 0.407 e. The Kier molecular flexibility index (Phi) is 6.43. The van der Waals surface area contributed by atoms with Crippen LogP contribution in [-0.4, -0.2) is 54.4 Å². The topological polar surface area (TPSA) is 82.1 Å². The smallest absolute Gasteiger partial charge is 0.407 e. The van der Waals surface area contributed by atoms with Crippen LogP contribution >= 0.6 is 0 Å². The molecule has 1 aliphatic carbocycles. The fraction of sp³-hybridized carbons (Fsp3) is 0.391. The van der Waals surface area contributed by atoms with Crippen LogP contribution in [0.2, 0.25) is 0 Å². The van der Waals surface area contributed by atoms with Crippen LogP contribution in [0.25, 0.3) is 0 Å². The number of piperazine rings is 1. The molecule has 2 aromatic carbocycles. The average Bonchev–Trinajstić information content (AvgIpc) is 2.81. The van der Waals surface area contributed by atoms with Crippen LogP contribution in [0.4, 0.5) is 24.1 Å². The number of carboxylic acid groups (broad SMARTS) is 1. The number of nitrogens with zero attached hydrogens (tertiary/aromatic N) is 2. The molecule has 0 radical (unpaired) electrons. The first-order chi connectivity index (χ1) is 15.4. The van der Waals surface area contributed by atoms with E-state index in [9.17, 15) is 14.0 Å². The number of halogens is 2. The van der Waals surface area contributed by atoms with Gasteiger partial charge in [0.2, 0.25) is 0 Å². The number of hydrogen-bond acceptors (Lipinski definition) is 4. The van der Waals surface area contributed by atoms with Crippen LogP contribution in [0.3, 0.4) is 0 Å². The van der Waals surface area contributed by atoms with Gasteiger partial charge in [0, 0.05) is 38.3 Å². The Bertz CT molecular complexity index is 994. The van der Waals surface area contributed by atoms with Crippen molar-refractivity contribution in [3.05, 3.63) is 64.7 Å². The van der Waals surface area contributed by atoms with E-state index in [4.69, 9.17) is 9.84 Å². The fourth-order valence-corrected chi connectivity index (χ4v) is 4.27. The zero-order chi connectivity index (χ0) is 22.7. The quantitative estimate of drug-likeness (QED) is 0.752. The minimum Gasteiger partial charge on any atom is -0.465 e. The van der Waals surface area contributed by atoms with Gasteiger partial charge in [0.25, 0.3) is 0 Å². The highest BCUT2D eigenvalue weighted by Gasteiger charge is 2.30. The van der Waals surface area contributed by atoms with Gasteiger partial charge in [0.05, 0.1) is 5.69 Å². The third-order valence-electron chi connectivity index (χ3n) is 6.02. The van der Waals surface area contributed by atoms with E-state index < -0.39 is 23.8 Å². The highest BCUT2D eigenvalue weighted by Crippen LogP contribution is 2.33. The summed E-state index contributed by atoms with van der Waals surface area (Å²) in [6, 6.07) is 10.1. The number of benzene rings is 2. The van der Waals surface area contributed by atoms with Crippen LogP contribution in [0.5, 0.6) is 0 Å². The van der Waals surface area contributed by atoms with Gasteiger partial charge >= 0.3 is 12.2 Å². The summed E-state index contributed by atoms with van der Waals surface area (Å²) in [5.74, 6) is -0.975. The summed E-state index contributed by atoms with van der Waals surface area (Å²) in [6.07, 6.45) is -0.644. The Hall–Kier alpha value is -3.36. The lowest BCUT2D eigenvalue weighted by Gasteiger charge is -2.36. The maximum atomic E-state index is 15.2. The monoisotopic (exact) mass is 445 g/mol. The molecule has 2 aliphatic rings. The second kappa shape index (κ2) is 9.42. The van der Waals surface area contributed by atoms with Gasteiger partial charge in [0.15, 0.2) is 0 Å². The number of amides is 2. The average molecular weight is 445 g/mol. The van der Waals surface area contributed by atoms with Crippen LogP contribution < -0.4 is 10.2 Å². The van der Waals surface area contributed by atoms with Crippen molar-refractivity contribution >= 4 is 17.9 Å². The number of fused-ring (bicyclic) bond motifs is 1. The van der Waals surface area contributed by atoms with Gasteiger partial charge in [-0.1, -0.05) is 30.3 Å². The molecule has 2 amide bonds. The summed E-state index contributed by atoms with van der Waals surface area (Å²) in [5.41, 5.74) is 1.63. The molecule has 2 aromatic rings. The summed E-state index contributed by atoms with van der Waals surface area (Å²) < 4.78 is 35.4. The Labute approximate surface area is 184 Å². The van der Waals surface area contributed by atoms with Gasteiger partial charge in [-0.15, -0.1) is 0 Å². The molecule has 0 spiro atoms. The molecular formula is C23H25F2N3O4. The molecule has 1 unspecified atom stereocenters. The van der Waals surface area contributed by atoms with E-state index in [1.807, 2.05) is 30.3 Å². The number of anilines is 1. The molecule has 1 atom stereocenters. The second-order valence-electron chi connectivity index (χ2n) is 8.05. The van der Waals surface area contributed by atoms with E-state index in [1.165, 1.54) is 11.0 Å². The first-order valence-electron chi connectivity index (χ1n) is 10.6. The Morgan fingerprint density at radius 3 is 2.50 bits per heavy atom. The van der Waals surface area contributed by atoms with Crippen molar-refractivity contribution in [3.63, 3.8) is 0 Å². The lowest BCUT2D eigenvalue weighted by molar-refractivity contribution is 0.134. The van der Waals surface area contributed by atoms with Gasteiger partial charge in [-0.25, -0.2) is 18.4 Å². The van der Waals surface area contributed by atoms with Crippen LogP contribution in [0.1, 0.15) is 23.1 Å². The molecule has 1 heterocycles. The van der Waals surface area contributed by atoms with Gasteiger partial charge in [-0.3, -0.25) is 0 Å². The molecule has 0 bridgehead atoms. The minimum absolute atomic E-state index is 0.136. The predicted molar refractivity (Wildman–Crippen MR) is 114 cm³/mol. The first-order valence-corrected chi connectivity index (χ1v) is 10.6. The highest BCUT2D eigenvalue weighted by molar-refractivity contribution is 5.68. The highest BCUT2D eigenvalue weighted by atomic mass is 19.1. The summed E-state index contributed by atoms with van der Waals surface area (Å²) in [4.78, 5) is 26.1. The minimum atomic E-state index is -1.01. The number of hydrogen-bond donors (Lipinski definition) is 2. The zero-order valence-corrected chi connectivity index (χ0v) is 17.5. The predicted octanol–water partition coefficient (Wildman–Crippen LogP) is 3.55. The molecule has 32 heavy (non-hydrogen) atoms. The van der Waals surface area contributed by atoms with E-state index in [-0.39, 0.29) is 43.4 Å². The second-order valence-corrected chi connectivity index (χ2v) is 8.05. The molecule has 170 valence electrons. The molecule has 4 rings (SSSR count). The van der Waals surface area contributed by atoms with Gasteiger partial charge in [-0.2, -0.15) is 0 Å². The van der Waals surface area contributed by atoms with Crippen molar-refractivity contribution in [2.24, 2.45) is 0 Å². The van der Waals surface area contributed by atoms with Crippen molar-refractivity contribution in [1.29, 1.82) is 0 Å². The molecular weight excluding hydrogens is 420 g/mol. The van der Waals surface area contributed by atoms with Crippen molar-refractivity contribution in [2.75, 3.05) is 31.1 Å². The van der Waals surface area contributed by atoms with E-state index in [2.05, 4.69) is 5.32 Å². The van der Waals surface area contributed by atoms with Gasteiger partial charge in [-0.05, 0) is 36.0 Å². The van der Waals surface area contributed by atoms with Crippen LogP contribution in [-0.2, 0) is 24.2 Å². The normalized spacial score (nSPS) is 18.1. The van der Waals surface area contributed by atoms with Crippen molar-refractivity contribution < 1.29 is 28.2 Å². The molecule has 0 saturated carbocycles. The molecule has 0 aromatic heterocycles. The summed E-state index contributed by atoms with van der Waals surface area (Å²) in [7, 11) is 0. The van der Waals surface area contributed by atoms with Gasteiger partial charge in [0.1, 0.15) is 18.2 Å². The lowest BCUT2D eigenvalue weighted by atomic mass is 9.87. The largest absolute Gasteiger partial charge is 0.465 e. The van der Waals surface area contributed by atoms with E-state index in [0.717, 1.165) is 5.56 Å². The molecule has 1 saturated heterocycles. The number of carbonyl (C=O) groups is 2. The number of rotatable bonds is 4. The van der Waals surface area contributed by atoms with E-state index in [0.29, 0.717) is 31.5 Å². The summed E-state index contributed by atoms with van der Waals surface area (Å²) in [5, 5.41) is 11.8. The van der Waals surface area contributed by atoms with Crippen LogP contribution in [0, 0.1) is 11.6 Å². The lowest BCUT2D eigenvalue weighted by Crippen LogP contribution is -2.48. The third kappa shape index (κ3) is 4.76. The molecule has 1 aliphatic heterocycles. The number of carbonyl (C=O) groups excluding carboxylic acids is 1. The number of nitrogens with one attached hydrogen (secondary N) is 1. The fourth-order valence-electron chi connectivity index (χ4n) is 4.27. The summed E-state index contributed by atoms with van der Waals surface area (Å²) >= 11 is 0. The molecule has 1 fully saturated rings. The maximum absolute atomic E-state index is 15.2. The molecule has 2 N–H and O–H groups in total. The third-order valence-corrected chi connectivity index (χ3v) is 6.02. The molecule has 9 heteroatoms. The number of alkyl carbamates (subject to hydrolysis) is 1. The first kappa shape index (κ1) is 21.9. The van der Waals surface area contributed by atoms with Crippen molar-refractivity contribution in [2.45, 2.75) is 31.9 Å². The van der Waals surface area contributed by atoms with Crippen molar-refractivity contribution in [1.82, 2.24) is 10.2 Å². The Morgan fingerprint density at radius 1 is 1.09 bits per heavy atom. The number of ether oxygens (including phenoxy) is 1. The zero-order valence-electron chi connectivity index (χ0n) is 17.5. The van der Waals surface area contributed by atoms with Crippen LogP contribution in [0.15, 0.2) is 36.4 Å². The summed E-state index contributed by atoms with van der Waals surface area (Å²) in [6.45, 7) is 1.23. The molecule has 7 nitrogen and oxygen atoms in total. The van der Waals surface area contributed by atoms with Gasteiger partial charge < -0.3 is 25.0 Å².